The molecule has 1 heterocycles. The largest absolute Gasteiger partial charge is 0.444 e. The van der Waals surface area contributed by atoms with E-state index < -0.39 is 117 Å². The number of anilines is 1. The Hall–Kier alpha value is -4.71. The van der Waals surface area contributed by atoms with Crippen LogP contribution >= 0.6 is 0 Å². The van der Waals surface area contributed by atoms with Crippen LogP contribution in [0, 0.1) is 17.8 Å². The highest BCUT2D eigenvalue weighted by atomic mass is 19.4. The second kappa shape index (κ2) is 18.8. The van der Waals surface area contributed by atoms with Crippen molar-refractivity contribution in [3.63, 3.8) is 0 Å². The number of benzodiazepines with no additional fused rings is 1. The average Bonchev–Trinajstić information content (AvgIpc) is 3.17. The van der Waals surface area contributed by atoms with Crippen LogP contribution < -0.4 is 21.3 Å². The number of alkyl carbamates (subject to hydrolysis) is 1. The van der Waals surface area contributed by atoms with E-state index in [2.05, 4.69) is 15.6 Å². The molecular formula is C37H47F6N5O7. The van der Waals surface area contributed by atoms with Crippen LogP contribution in [-0.4, -0.2) is 77.8 Å². The fourth-order valence-corrected chi connectivity index (χ4v) is 5.89. The van der Waals surface area contributed by atoms with Crippen molar-refractivity contribution >= 4 is 35.2 Å². The lowest BCUT2D eigenvalue weighted by molar-refractivity contribution is -0.147. The van der Waals surface area contributed by atoms with Gasteiger partial charge in [0.05, 0.1) is 17.4 Å². The molecule has 2 aromatic carbocycles. The predicted octanol–water partition coefficient (Wildman–Crippen LogP) is 5.95. The van der Waals surface area contributed by atoms with Gasteiger partial charge in [-0.1, -0.05) is 62.4 Å². The Morgan fingerprint density at radius 3 is 2.07 bits per heavy atom. The fourth-order valence-electron chi connectivity index (χ4n) is 5.89. The number of ether oxygens (including phenoxy) is 2. The van der Waals surface area contributed by atoms with Crippen molar-refractivity contribution in [2.24, 2.45) is 28.5 Å². The minimum absolute atomic E-state index is 0.168. The van der Waals surface area contributed by atoms with Crippen molar-refractivity contribution in [2.45, 2.75) is 103 Å². The molecule has 0 bridgehead atoms. The van der Waals surface area contributed by atoms with E-state index in [1.807, 2.05) is 0 Å². The van der Waals surface area contributed by atoms with Crippen molar-refractivity contribution in [3.05, 3.63) is 65.7 Å². The summed E-state index contributed by atoms with van der Waals surface area (Å²) in [7, 11) is 0. The zero-order valence-corrected chi connectivity index (χ0v) is 31.0. The number of aliphatic imine (C=N–C) groups is 1. The molecule has 304 valence electrons. The third-order valence-corrected chi connectivity index (χ3v) is 8.52. The Balaban J connectivity index is 2.05. The van der Waals surface area contributed by atoms with E-state index in [4.69, 9.17) is 15.2 Å². The molecule has 1 aliphatic heterocycles. The van der Waals surface area contributed by atoms with Crippen molar-refractivity contribution in [3.8, 4) is 0 Å². The number of carbonyl (C=O) groups is 4. The summed E-state index contributed by atoms with van der Waals surface area (Å²) < 4.78 is 90.0. The molecule has 0 radical (unpaired) electrons. The normalized spacial score (nSPS) is 17.3. The molecule has 0 saturated carbocycles. The number of alkyl halides is 6. The Morgan fingerprint density at radius 2 is 1.51 bits per heavy atom. The van der Waals surface area contributed by atoms with E-state index in [1.54, 1.807) is 83.1 Å². The van der Waals surface area contributed by atoms with Crippen LogP contribution in [0.2, 0.25) is 0 Å². The van der Waals surface area contributed by atoms with Crippen molar-refractivity contribution < 1.29 is 60.1 Å². The van der Waals surface area contributed by atoms with Crippen LogP contribution in [0.1, 0.15) is 77.8 Å². The van der Waals surface area contributed by atoms with Crippen LogP contribution in [-0.2, 0) is 23.9 Å². The van der Waals surface area contributed by atoms with Gasteiger partial charge in [0, 0.05) is 35.8 Å². The zero-order valence-electron chi connectivity index (χ0n) is 31.0. The molecule has 12 nitrogen and oxygen atoms in total. The minimum atomic E-state index is -4.78. The second-order valence-electron chi connectivity index (χ2n) is 14.4. The number of benzene rings is 2. The van der Waals surface area contributed by atoms with Crippen molar-refractivity contribution in [2.75, 3.05) is 11.6 Å². The maximum atomic E-state index is 14.4. The summed E-state index contributed by atoms with van der Waals surface area (Å²) in [5.41, 5.74) is 5.74. The number of aliphatic hydroxyl groups excluding tert-OH is 1. The van der Waals surface area contributed by atoms with E-state index in [1.165, 1.54) is 6.07 Å². The number of nitrogens with zero attached hydrogens (tertiary/aromatic N) is 2. The van der Waals surface area contributed by atoms with Crippen LogP contribution in [0.25, 0.3) is 0 Å². The molecule has 0 fully saturated rings. The third-order valence-electron chi connectivity index (χ3n) is 8.52. The summed E-state index contributed by atoms with van der Waals surface area (Å²) in [5, 5.41) is 16.0. The SMILES string of the molecule is CC(C)C(NC(=O)OC(C)(C)C)C(O)OCN1C(=O)C(NC(=O)C(CCCC(F)(F)F)C(CCC(F)(F)F)C(N)=O)N=C(c2ccccc2)c2ccccc21. The maximum Gasteiger partial charge on any atom is 0.408 e. The molecule has 3 rings (SSSR count). The quantitative estimate of drug-likeness (QED) is 0.120. The number of nitrogens with one attached hydrogen (secondary N) is 2. The molecular weight excluding hydrogens is 740 g/mol. The van der Waals surface area contributed by atoms with E-state index in [9.17, 15) is 50.6 Å². The lowest BCUT2D eigenvalue weighted by Gasteiger charge is -2.31. The standard InChI is InChI=1S/C37H47F6N5O7/c1-21(2)27(46-34(53)55-35(3,4)5)33(52)54-20-48-26-16-10-9-14-25(26)28(22-12-7-6-8-13-22)45-30(32(48)51)47-31(50)24(15-11-18-36(38,39)40)23(29(44)49)17-19-37(41,42)43/h6-10,12-14,16,21,23-24,27,30,33,52H,11,15,17-20H2,1-5H3,(H2,44,49)(H,46,53)(H,47,50). The number of halogens is 6. The molecule has 5 atom stereocenters. The Kier molecular flexibility index (Phi) is 15.2. The lowest BCUT2D eigenvalue weighted by atomic mass is 9.83. The maximum absolute atomic E-state index is 14.4. The summed E-state index contributed by atoms with van der Waals surface area (Å²) in [6.07, 6.45) is -19.2. The van der Waals surface area contributed by atoms with Gasteiger partial charge < -0.3 is 30.9 Å². The topological polar surface area (TPSA) is 173 Å². The first-order valence-corrected chi connectivity index (χ1v) is 17.5. The fraction of sp³-hybridized carbons (Fsp3) is 0.541. The van der Waals surface area contributed by atoms with E-state index in [-0.39, 0.29) is 11.4 Å². The first-order valence-electron chi connectivity index (χ1n) is 17.5. The van der Waals surface area contributed by atoms with Crippen molar-refractivity contribution in [1.29, 1.82) is 0 Å². The second-order valence-corrected chi connectivity index (χ2v) is 14.4. The van der Waals surface area contributed by atoms with Gasteiger partial charge in [-0.3, -0.25) is 19.3 Å². The molecule has 5 unspecified atom stereocenters. The smallest absolute Gasteiger partial charge is 0.408 e. The Morgan fingerprint density at radius 1 is 0.909 bits per heavy atom. The van der Waals surface area contributed by atoms with Crippen LogP contribution in [0.15, 0.2) is 59.6 Å². The molecule has 0 saturated heterocycles. The number of hydrogen-bond donors (Lipinski definition) is 4. The zero-order chi connectivity index (χ0) is 41.3. The van der Waals surface area contributed by atoms with Crippen molar-refractivity contribution in [1.82, 2.24) is 10.6 Å². The first-order chi connectivity index (χ1) is 25.5. The minimum Gasteiger partial charge on any atom is -0.444 e. The van der Waals surface area contributed by atoms with Gasteiger partial charge in [0.2, 0.25) is 18.0 Å². The number of aliphatic hydroxyl groups is 1. The van der Waals surface area contributed by atoms with E-state index in [0.29, 0.717) is 11.1 Å². The average molecular weight is 788 g/mol. The van der Waals surface area contributed by atoms with E-state index >= 15 is 0 Å². The number of nitrogens with two attached hydrogens (primary N) is 1. The molecule has 5 N–H and O–H groups in total. The van der Waals surface area contributed by atoms with Gasteiger partial charge in [-0.2, -0.15) is 26.3 Å². The highest BCUT2D eigenvalue weighted by molar-refractivity contribution is 6.20. The third kappa shape index (κ3) is 13.8. The van der Waals surface area contributed by atoms with Crippen LogP contribution in [0.5, 0.6) is 0 Å². The summed E-state index contributed by atoms with van der Waals surface area (Å²) >= 11 is 0. The van der Waals surface area contributed by atoms with Gasteiger partial charge in [0.1, 0.15) is 12.3 Å². The van der Waals surface area contributed by atoms with Crippen LogP contribution in [0.3, 0.4) is 0 Å². The molecule has 18 heteroatoms. The van der Waals surface area contributed by atoms with Gasteiger partial charge in [-0.05, 0) is 52.0 Å². The number of para-hydroxylation sites is 1. The summed E-state index contributed by atoms with van der Waals surface area (Å²) in [6.45, 7) is 7.62. The van der Waals surface area contributed by atoms with Gasteiger partial charge in [-0.15, -0.1) is 0 Å². The van der Waals surface area contributed by atoms with Gasteiger partial charge in [-0.25, -0.2) is 9.79 Å². The first kappa shape index (κ1) is 44.7. The van der Waals surface area contributed by atoms with Gasteiger partial charge >= 0.3 is 18.4 Å². The number of hydrogen-bond acceptors (Lipinski definition) is 8. The predicted molar refractivity (Wildman–Crippen MR) is 189 cm³/mol. The number of fused-ring (bicyclic) bond motifs is 1. The lowest BCUT2D eigenvalue weighted by Crippen LogP contribution is -2.53. The Bertz CT molecular complexity index is 1660. The molecule has 55 heavy (non-hydrogen) atoms. The number of primary amides is 1. The van der Waals surface area contributed by atoms with Gasteiger partial charge in [0.15, 0.2) is 6.29 Å². The molecule has 2 aromatic rings. The summed E-state index contributed by atoms with van der Waals surface area (Å²) in [5.74, 6) is -7.59. The highest BCUT2D eigenvalue weighted by Gasteiger charge is 2.41. The molecule has 0 aliphatic carbocycles. The number of amides is 4. The van der Waals surface area contributed by atoms with E-state index in [0.717, 1.165) is 4.90 Å². The van der Waals surface area contributed by atoms with Gasteiger partial charge in [0.25, 0.3) is 5.91 Å². The molecule has 0 spiro atoms. The number of carbonyl (C=O) groups excluding carboxylic acids is 4. The van der Waals surface area contributed by atoms with Crippen LogP contribution in [0.4, 0.5) is 36.8 Å². The monoisotopic (exact) mass is 787 g/mol. The highest BCUT2D eigenvalue weighted by Crippen LogP contribution is 2.33. The summed E-state index contributed by atoms with van der Waals surface area (Å²) in [6, 6.07) is 13.7. The number of rotatable bonds is 16. The Labute approximate surface area is 314 Å². The molecule has 1 aliphatic rings. The molecule has 4 amide bonds. The molecule has 0 aromatic heterocycles. The summed E-state index contributed by atoms with van der Waals surface area (Å²) in [4.78, 5) is 58.8.